The number of aromatic nitrogens is 1. The van der Waals surface area contributed by atoms with E-state index >= 15 is 0 Å². The second-order valence-electron chi connectivity index (χ2n) is 2.77. The molecular formula is C8H5ClF2N2O3S. The van der Waals surface area contributed by atoms with Gasteiger partial charge in [-0.05, 0) is 0 Å². The second kappa shape index (κ2) is 4.81. The van der Waals surface area contributed by atoms with E-state index in [9.17, 15) is 17.2 Å². The van der Waals surface area contributed by atoms with Crippen molar-refractivity contribution in [3.05, 3.63) is 17.5 Å². The van der Waals surface area contributed by atoms with Gasteiger partial charge in [0.1, 0.15) is 11.0 Å². The van der Waals surface area contributed by atoms with E-state index in [1.807, 2.05) is 0 Å². The summed E-state index contributed by atoms with van der Waals surface area (Å²) in [6.45, 7) is 0. The normalized spacial score (nSPS) is 11.3. The Labute approximate surface area is 100 Å². The average Bonchev–Trinajstić information content (AvgIpc) is 2.25. The van der Waals surface area contributed by atoms with Crippen molar-refractivity contribution >= 4 is 19.7 Å². The Kier molecular flexibility index (Phi) is 3.85. The van der Waals surface area contributed by atoms with Gasteiger partial charge in [0, 0.05) is 16.9 Å². The van der Waals surface area contributed by atoms with Crippen LogP contribution in [0.1, 0.15) is 17.7 Å². The highest BCUT2D eigenvalue weighted by atomic mass is 35.7. The Morgan fingerprint density at radius 1 is 1.59 bits per heavy atom. The number of pyridine rings is 1. The maximum Gasteiger partial charge on any atom is 0.268 e. The van der Waals surface area contributed by atoms with E-state index < -0.39 is 37.4 Å². The third kappa shape index (κ3) is 2.62. The van der Waals surface area contributed by atoms with Gasteiger partial charge in [0.05, 0.1) is 12.7 Å². The highest BCUT2D eigenvalue weighted by Crippen LogP contribution is 2.37. The molecule has 1 heterocycles. The summed E-state index contributed by atoms with van der Waals surface area (Å²) in [6.07, 6.45) is -2.56. The van der Waals surface area contributed by atoms with Crippen molar-refractivity contribution in [2.75, 3.05) is 7.11 Å². The number of hydrogen-bond donors (Lipinski definition) is 0. The molecule has 1 aromatic heterocycles. The smallest absolute Gasteiger partial charge is 0.268 e. The van der Waals surface area contributed by atoms with Gasteiger partial charge in [0.2, 0.25) is 0 Å². The standard InChI is InChI=1S/C8H5ClF2N2O3S/c1-16-7-4(2-12)13-3-5(17(9,14)15)6(7)8(10)11/h3,8H,1H3. The molecule has 1 rings (SSSR count). The van der Waals surface area contributed by atoms with Crippen molar-refractivity contribution in [2.24, 2.45) is 0 Å². The Hall–Kier alpha value is -1.46. The molecule has 0 aliphatic rings. The van der Waals surface area contributed by atoms with Crippen molar-refractivity contribution < 1.29 is 21.9 Å². The van der Waals surface area contributed by atoms with Crippen molar-refractivity contribution in [3.63, 3.8) is 0 Å². The first-order chi connectivity index (χ1) is 7.82. The molecule has 0 saturated carbocycles. The van der Waals surface area contributed by atoms with Gasteiger partial charge in [-0.2, -0.15) is 5.26 Å². The van der Waals surface area contributed by atoms with Crippen LogP contribution in [-0.2, 0) is 9.05 Å². The van der Waals surface area contributed by atoms with Crippen molar-refractivity contribution in [2.45, 2.75) is 11.3 Å². The summed E-state index contributed by atoms with van der Waals surface area (Å²) in [4.78, 5) is 2.52. The van der Waals surface area contributed by atoms with Crippen molar-refractivity contribution in [3.8, 4) is 11.8 Å². The lowest BCUT2D eigenvalue weighted by atomic mass is 10.2. The minimum Gasteiger partial charge on any atom is -0.493 e. The summed E-state index contributed by atoms with van der Waals surface area (Å²) in [5.41, 5.74) is -1.40. The monoisotopic (exact) mass is 282 g/mol. The predicted octanol–water partition coefficient (Wildman–Crippen LogP) is 1.83. The van der Waals surface area contributed by atoms with Gasteiger partial charge in [-0.3, -0.25) is 0 Å². The fraction of sp³-hybridized carbons (Fsp3) is 0.250. The lowest BCUT2D eigenvalue weighted by Crippen LogP contribution is -2.05. The number of halogens is 3. The van der Waals surface area contributed by atoms with Gasteiger partial charge < -0.3 is 4.74 Å². The van der Waals surface area contributed by atoms with Crippen LogP contribution >= 0.6 is 10.7 Å². The van der Waals surface area contributed by atoms with Crippen LogP contribution in [-0.4, -0.2) is 20.5 Å². The number of hydrogen-bond acceptors (Lipinski definition) is 5. The summed E-state index contributed by atoms with van der Waals surface area (Å²) >= 11 is 0. The zero-order valence-corrected chi connectivity index (χ0v) is 9.89. The van der Waals surface area contributed by atoms with Crippen LogP contribution in [0.3, 0.4) is 0 Å². The SMILES string of the molecule is COc1c(C#N)ncc(S(=O)(=O)Cl)c1C(F)F. The minimum atomic E-state index is -4.40. The van der Waals surface area contributed by atoms with E-state index in [1.165, 1.54) is 6.07 Å². The molecule has 0 fully saturated rings. The summed E-state index contributed by atoms with van der Waals surface area (Å²) in [5.74, 6) is -0.593. The summed E-state index contributed by atoms with van der Waals surface area (Å²) in [5, 5.41) is 8.63. The van der Waals surface area contributed by atoms with Crippen molar-refractivity contribution in [1.29, 1.82) is 5.26 Å². The van der Waals surface area contributed by atoms with Crippen LogP contribution in [0, 0.1) is 11.3 Å². The van der Waals surface area contributed by atoms with Gasteiger partial charge in [0.15, 0.2) is 11.4 Å². The first-order valence-corrected chi connectivity index (χ1v) is 6.33. The maximum absolute atomic E-state index is 12.8. The van der Waals surface area contributed by atoms with Crippen molar-refractivity contribution in [1.82, 2.24) is 4.98 Å². The quantitative estimate of drug-likeness (QED) is 0.790. The highest BCUT2D eigenvalue weighted by Gasteiger charge is 2.29. The third-order valence-electron chi connectivity index (χ3n) is 1.83. The maximum atomic E-state index is 12.8. The van der Waals surface area contributed by atoms with Gasteiger partial charge in [-0.15, -0.1) is 0 Å². The number of ether oxygens (including phenoxy) is 1. The van der Waals surface area contributed by atoms with E-state index in [2.05, 4.69) is 9.72 Å². The fourth-order valence-corrected chi connectivity index (χ4v) is 2.17. The summed E-state index contributed by atoms with van der Waals surface area (Å²) < 4.78 is 52.3. The molecule has 0 aliphatic heterocycles. The number of alkyl halides is 2. The number of nitriles is 1. The molecule has 0 N–H and O–H groups in total. The first-order valence-electron chi connectivity index (χ1n) is 4.02. The van der Waals surface area contributed by atoms with E-state index in [0.29, 0.717) is 6.20 Å². The van der Waals surface area contributed by atoms with E-state index in [-0.39, 0.29) is 0 Å². The Morgan fingerprint density at radius 2 is 2.18 bits per heavy atom. The Balaban J connectivity index is 3.73. The summed E-state index contributed by atoms with van der Waals surface area (Å²) in [7, 11) is 1.62. The molecule has 0 unspecified atom stereocenters. The molecule has 0 spiro atoms. The van der Waals surface area contributed by atoms with Crippen LogP contribution in [0.15, 0.2) is 11.1 Å². The molecule has 9 heteroatoms. The van der Waals surface area contributed by atoms with E-state index in [4.69, 9.17) is 15.9 Å². The fourth-order valence-electron chi connectivity index (χ4n) is 1.18. The second-order valence-corrected chi connectivity index (χ2v) is 5.30. The molecule has 0 aliphatic carbocycles. The molecule has 0 saturated heterocycles. The predicted molar refractivity (Wildman–Crippen MR) is 53.5 cm³/mol. The molecule has 0 atom stereocenters. The molecule has 0 amide bonds. The molecule has 0 aromatic carbocycles. The Bertz CT molecular complexity index is 583. The number of nitrogens with zero attached hydrogens (tertiary/aromatic N) is 2. The van der Waals surface area contributed by atoms with Crippen LogP contribution < -0.4 is 4.74 Å². The lowest BCUT2D eigenvalue weighted by Gasteiger charge is -2.11. The van der Waals surface area contributed by atoms with Gasteiger partial charge >= 0.3 is 0 Å². The first kappa shape index (κ1) is 13.6. The highest BCUT2D eigenvalue weighted by molar-refractivity contribution is 8.13. The van der Waals surface area contributed by atoms with Gasteiger partial charge in [-0.25, -0.2) is 22.2 Å². The number of methoxy groups -OCH3 is 1. The van der Waals surface area contributed by atoms with Gasteiger partial charge in [-0.1, -0.05) is 0 Å². The minimum absolute atomic E-state index is 0.438. The lowest BCUT2D eigenvalue weighted by molar-refractivity contribution is 0.143. The zero-order valence-electron chi connectivity index (χ0n) is 8.32. The topological polar surface area (TPSA) is 80.0 Å². The van der Waals surface area contributed by atoms with Gasteiger partial charge in [0.25, 0.3) is 15.5 Å². The molecule has 5 nitrogen and oxygen atoms in total. The van der Waals surface area contributed by atoms with Crippen LogP contribution in [0.5, 0.6) is 5.75 Å². The molecule has 17 heavy (non-hydrogen) atoms. The van der Waals surface area contributed by atoms with E-state index in [1.54, 1.807) is 0 Å². The Morgan fingerprint density at radius 3 is 2.53 bits per heavy atom. The molecule has 1 aromatic rings. The largest absolute Gasteiger partial charge is 0.493 e. The molecule has 0 radical (unpaired) electrons. The molecule has 92 valence electrons. The zero-order chi connectivity index (χ0) is 13.2. The van der Waals surface area contributed by atoms with Crippen LogP contribution in [0.25, 0.3) is 0 Å². The van der Waals surface area contributed by atoms with Crippen LogP contribution in [0.2, 0.25) is 0 Å². The third-order valence-corrected chi connectivity index (χ3v) is 3.18. The number of rotatable bonds is 3. The molecule has 0 bridgehead atoms. The molecular weight excluding hydrogens is 278 g/mol. The summed E-state index contributed by atoms with van der Waals surface area (Å²) in [6, 6.07) is 1.51. The van der Waals surface area contributed by atoms with Crippen LogP contribution in [0.4, 0.5) is 8.78 Å². The van der Waals surface area contributed by atoms with E-state index in [0.717, 1.165) is 7.11 Å². The average molecular weight is 283 g/mol.